The Bertz CT molecular complexity index is 967. The van der Waals surface area contributed by atoms with E-state index < -0.39 is 5.60 Å². The maximum Gasteiger partial charge on any atom is 0.141 e. The molecule has 144 valence electrons. The maximum absolute atomic E-state index is 12.2. The van der Waals surface area contributed by atoms with E-state index in [9.17, 15) is 5.11 Å². The Morgan fingerprint density at radius 1 is 0.607 bits per heavy atom. The average molecular weight is 371 g/mol. The summed E-state index contributed by atoms with van der Waals surface area (Å²) in [5.41, 5.74) is 6.58. The molecule has 0 saturated carbocycles. The minimum atomic E-state index is -1.13. The quantitative estimate of drug-likeness (QED) is 0.515. The second-order valence-electron chi connectivity index (χ2n) is 10.1. The minimum Gasteiger partial charge on any atom is -0.376 e. The zero-order chi connectivity index (χ0) is 20.3. The number of aliphatic hydroxyl groups is 1. The monoisotopic (exact) mass is 370 g/mol. The standard InChI is InChI=1S/C27H30O/c1-25(2,3)19-12-14-21-22-15-13-20(26(4,5)6)17-24(22)27(28,23(21)16-19)18-10-8-7-9-11-18/h7-17,28H,1-6H3. The average Bonchev–Trinajstić information content (AvgIpc) is 2.90. The highest BCUT2D eigenvalue weighted by atomic mass is 16.3. The summed E-state index contributed by atoms with van der Waals surface area (Å²) in [4.78, 5) is 0. The molecule has 1 nitrogen and oxygen atoms in total. The van der Waals surface area contributed by atoms with Gasteiger partial charge < -0.3 is 5.11 Å². The molecule has 1 N–H and O–H groups in total. The van der Waals surface area contributed by atoms with Gasteiger partial charge in [0.25, 0.3) is 0 Å². The van der Waals surface area contributed by atoms with E-state index in [1.54, 1.807) is 0 Å². The summed E-state index contributed by atoms with van der Waals surface area (Å²) in [5.74, 6) is 0. The van der Waals surface area contributed by atoms with Gasteiger partial charge in [-0.25, -0.2) is 0 Å². The van der Waals surface area contributed by atoms with E-state index in [1.165, 1.54) is 11.1 Å². The van der Waals surface area contributed by atoms with Crippen molar-refractivity contribution in [3.05, 3.63) is 94.5 Å². The van der Waals surface area contributed by atoms with Gasteiger partial charge in [0.05, 0.1) is 0 Å². The SMILES string of the molecule is CC(C)(C)c1ccc2c(c1)C(O)(c1ccccc1)c1cc(C(C)(C)C)ccc1-2. The minimum absolute atomic E-state index is 0.0258. The molecule has 0 amide bonds. The molecule has 0 aliphatic heterocycles. The summed E-state index contributed by atoms with van der Waals surface area (Å²) in [6.45, 7) is 13.3. The first-order valence-corrected chi connectivity index (χ1v) is 10.1. The lowest BCUT2D eigenvalue weighted by atomic mass is 9.79. The molecule has 3 aromatic carbocycles. The third-order valence-corrected chi connectivity index (χ3v) is 6.03. The van der Waals surface area contributed by atoms with Gasteiger partial charge in [0, 0.05) is 11.1 Å². The van der Waals surface area contributed by atoms with Crippen molar-refractivity contribution in [2.75, 3.05) is 0 Å². The van der Waals surface area contributed by atoms with Gasteiger partial charge in [-0.2, -0.15) is 0 Å². The molecular formula is C27H30O. The molecule has 0 unspecified atom stereocenters. The zero-order valence-electron chi connectivity index (χ0n) is 17.8. The van der Waals surface area contributed by atoms with E-state index in [1.807, 2.05) is 30.3 Å². The third-order valence-electron chi connectivity index (χ3n) is 6.03. The van der Waals surface area contributed by atoms with Crippen LogP contribution < -0.4 is 0 Å². The largest absolute Gasteiger partial charge is 0.376 e. The summed E-state index contributed by atoms with van der Waals surface area (Å²) in [6.07, 6.45) is 0. The second kappa shape index (κ2) is 6.06. The number of fused-ring (bicyclic) bond motifs is 3. The molecule has 1 aliphatic carbocycles. The highest BCUT2D eigenvalue weighted by molar-refractivity contribution is 5.83. The van der Waals surface area contributed by atoms with E-state index in [-0.39, 0.29) is 10.8 Å². The van der Waals surface area contributed by atoms with Crippen LogP contribution in [0.25, 0.3) is 11.1 Å². The van der Waals surface area contributed by atoms with E-state index in [0.717, 1.165) is 27.8 Å². The third kappa shape index (κ3) is 2.81. The van der Waals surface area contributed by atoms with Crippen LogP contribution in [0.15, 0.2) is 66.7 Å². The van der Waals surface area contributed by atoms with Crippen LogP contribution in [0.3, 0.4) is 0 Å². The van der Waals surface area contributed by atoms with Gasteiger partial charge in [-0.3, -0.25) is 0 Å². The Balaban J connectivity index is 2.05. The molecule has 4 rings (SSSR count). The lowest BCUT2D eigenvalue weighted by molar-refractivity contribution is 0.130. The molecule has 0 saturated heterocycles. The summed E-state index contributed by atoms with van der Waals surface area (Å²) in [5, 5.41) is 12.2. The lowest BCUT2D eigenvalue weighted by Crippen LogP contribution is -2.27. The molecule has 3 aromatic rings. The van der Waals surface area contributed by atoms with Crippen LogP contribution in [0.1, 0.15) is 69.4 Å². The fourth-order valence-electron chi connectivity index (χ4n) is 4.23. The Kier molecular flexibility index (Phi) is 4.10. The Hall–Kier alpha value is -2.38. The van der Waals surface area contributed by atoms with Crippen LogP contribution in [0, 0.1) is 0 Å². The van der Waals surface area contributed by atoms with Crippen molar-refractivity contribution in [1.82, 2.24) is 0 Å². The first-order chi connectivity index (χ1) is 13.0. The van der Waals surface area contributed by atoms with Crippen molar-refractivity contribution in [2.24, 2.45) is 0 Å². The van der Waals surface area contributed by atoms with Crippen molar-refractivity contribution in [1.29, 1.82) is 0 Å². The first kappa shape index (κ1) is 19.0. The van der Waals surface area contributed by atoms with Gasteiger partial charge in [0.15, 0.2) is 0 Å². The molecular weight excluding hydrogens is 340 g/mol. The van der Waals surface area contributed by atoms with E-state index in [4.69, 9.17) is 0 Å². The van der Waals surface area contributed by atoms with Crippen molar-refractivity contribution in [3.8, 4) is 11.1 Å². The van der Waals surface area contributed by atoms with Gasteiger partial charge in [-0.15, -0.1) is 0 Å². The molecule has 0 radical (unpaired) electrons. The molecule has 0 spiro atoms. The Morgan fingerprint density at radius 3 is 1.43 bits per heavy atom. The molecule has 0 aromatic heterocycles. The van der Waals surface area contributed by atoms with Crippen molar-refractivity contribution in [2.45, 2.75) is 58.0 Å². The number of hydrogen-bond acceptors (Lipinski definition) is 1. The summed E-state index contributed by atoms with van der Waals surface area (Å²) in [6, 6.07) is 23.3. The highest BCUT2D eigenvalue weighted by Gasteiger charge is 2.44. The van der Waals surface area contributed by atoms with Crippen LogP contribution in [-0.2, 0) is 16.4 Å². The fourth-order valence-corrected chi connectivity index (χ4v) is 4.23. The van der Waals surface area contributed by atoms with Gasteiger partial charge >= 0.3 is 0 Å². The van der Waals surface area contributed by atoms with Gasteiger partial charge in [-0.1, -0.05) is 108 Å². The van der Waals surface area contributed by atoms with Crippen LogP contribution in [0.2, 0.25) is 0 Å². The van der Waals surface area contributed by atoms with Crippen LogP contribution in [0.5, 0.6) is 0 Å². The summed E-state index contributed by atoms with van der Waals surface area (Å²) >= 11 is 0. The predicted octanol–water partition coefficient (Wildman–Crippen LogP) is 6.55. The molecule has 0 heterocycles. The van der Waals surface area contributed by atoms with E-state index in [0.29, 0.717) is 0 Å². The van der Waals surface area contributed by atoms with Crippen LogP contribution in [0.4, 0.5) is 0 Å². The number of benzene rings is 3. The smallest absolute Gasteiger partial charge is 0.141 e. The predicted molar refractivity (Wildman–Crippen MR) is 118 cm³/mol. The summed E-state index contributed by atoms with van der Waals surface area (Å²) in [7, 11) is 0. The Labute approximate surface area is 169 Å². The van der Waals surface area contributed by atoms with Crippen molar-refractivity contribution in [3.63, 3.8) is 0 Å². The molecule has 28 heavy (non-hydrogen) atoms. The van der Waals surface area contributed by atoms with Gasteiger partial charge in [0.2, 0.25) is 0 Å². The topological polar surface area (TPSA) is 20.2 Å². The number of rotatable bonds is 1. The van der Waals surface area contributed by atoms with Crippen LogP contribution in [-0.4, -0.2) is 5.11 Å². The Morgan fingerprint density at radius 2 is 1.04 bits per heavy atom. The zero-order valence-corrected chi connectivity index (χ0v) is 17.8. The van der Waals surface area contributed by atoms with E-state index in [2.05, 4.69) is 77.9 Å². The maximum atomic E-state index is 12.2. The van der Waals surface area contributed by atoms with Crippen LogP contribution >= 0.6 is 0 Å². The normalized spacial score (nSPS) is 15.2. The molecule has 0 atom stereocenters. The van der Waals surface area contributed by atoms with E-state index >= 15 is 0 Å². The molecule has 0 bridgehead atoms. The number of hydrogen-bond donors (Lipinski definition) is 1. The van der Waals surface area contributed by atoms with Gasteiger partial charge in [0.1, 0.15) is 5.60 Å². The lowest BCUT2D eigenvalue weighted by Gasteiger charge is -2.29. The van der Waals surface area contributed by atoms with Crippen molar-refractivity contribution >= 4 is 0 Å². The second-order valence-corrected chi connectivity index (χ2v) is 10.1. The summed E-state index contributed by atoms with van der Waals surface area (Å²) < 4.78 is 0. The molecule has 0 fully saturated rings. The molecule has 1 heteroatoms. The van der Waals surface area contributed by atoms with Crippen molar-refractivity contribution < 1.29 is 5.11 Å². The fraction of sp³-hybridized carbons (Fsp3) is 0.333. The first-order valence-electron chi connectivity index (χ1n) is 10.1. The van der Waals surface area contributed by atoms with Gasteiger partial charge in [-0.05, 0) is 38.6 Å². The highest BCUT2D eigenvalue weighted by Crippen LogP contribution is 2.52. The molecule has 1 aliphatic rings.